The highest BCUT2D eigenvalue weighted by Crippen LogP contribution is 2.28. The predicted octanol–water partition coefficient (Wildman–Crippen LogP) is 4.06. The zero-order chi connectivity index (χ0) is 17.4. The largest absolute Gasteiger partial charge is 0.320 e. The van der Waals surface area contributed by atoms with Crippen LogP contribution >= 0.6 is 0 Å². The van der Waals surface area contributed by atoms with Crippen LogP contribution in [0.2, 0.25) is 0 Å². The van der Waals surface area contributed by atoms with Gasteiger partial charge in [0.05, 0.1) is 5.69 Å². The van der Waals surface area contributed by atoms with Crippen LogP contribution in [0.15, 0.2) is 48.5 Å². The Morgan fingerprint density at radius 1 is 1.12 bits per heavy atom. The van der Waals surface area contributed by atoms with E-state index < -0.39 is 0 Å². The lowest BCUT2D eigenvalue weighted by molar-refractivity contribution is 0.102. The van der Waals surface area contributed by atoms with Crippen LogP contribution in [0.1, 0.15) is 33.7 Å². The van der Waals surface area contributed by atoms with Crippen molar-refractivity contribution in [3.05, 3.63) is 76.9 Å². The van der Waals surface area contributed by atoms with E-state index in [1.165, 1.54) is 12.1 Å². The summed E-state index contributed by atoms with van der Waals surface area (Å²) in [6.07, 6.45) is 2.71. The molecule has 2 aromatic carbocycles. The Balaban J connectivity index is 1.71. The number of amides is 1. The molecule has 0 saturated carbocycles. The Morgan fingerprint density at radius 2 is 1.88 bits per heavy atom. The summed E-state index contributed by atoms with van der Waals surface area (Å²) in [7, 11) is 0. The highest BCUT2D eigenvalue weighted by Gasteiger charge is 2.27. The minimum Gasteiger partial charge on any atom is -0.320 e. The molecule has 1 aliphatic rings. The lowest BCUT2D eigenvalue weighted by atomic mass is 10.1. The van der Waals surface area contributed by atoms with E-state index in [1.807, 2.05) is 31.2 Å². The Kier molecular flexibility index (Phi) is 3.84. The number of nitrogens with one attached hydrogen (secondary N) is 1. The van der Waals surface area contributed by atoms with E-state index in [9.17, 15) is 9.18 Å². The second kappa shape index (κ2) is 6.16. The summed E-state index contributed by atoms with van der Waals surface area (Å²) >= 11 is 0. The first kappa shape index (κ1) is 15.6. The number of rotatable bonds is 3. The van der Waals surface area contributed by atoms with E-state index in [2.05, 4.69) is 10.4 Å². The number of aromatic nitrogens is 2. The van der Waals surface area contributed by atoms with E-state index in [-0.39, 0.29) is 11.7 Å². The fourth-order valence-corrected chi connectivity index (χ4v) is 3.31. The van der Waals surface area contributed by atoms with Crippen LogP contribution < -0.4 is 5.32 Å². The summed E-state index contributed by atoms with van der Waals surface area (Å²) in [5, 5.41) is 7.50. The van der Waals surface area contributed by atoms with Crippen molar-refractivity contribution in [3.63, 3.8) is 0 Å². The van der Waals surface area contributed by atoms with Crippen molar-refractivity contribution in [1.29, 1.82) is 0 Å². The molecule has 3 aromatic rings. The van der Waals surface area contributed by atoms with Crippen molar-refractivity contribution in [2.45, 2.75) is 26.2 Å². The third-order valence-electron chi connectivity index (χ3n) is 4.61. The number of nitrogens with zero attached hydrogens (tertiary/aromatic N) is 2. The van der Waals surface area contributed by atoms with E-state index in [0.717, 1.165) is 47.5 Å². The Hall–Kier alpha value is -2.95. The van der Waals surface area contributed by atoms with Crippen molar-refractivity contribution >= 4 is 11.6 Å². The van der Waals surface area contributed by atoms with Gasteiger partial charge in [0.2, 0.25) is 0 Å². The third kappa shape index (κ3) is 2.82. The topological polar surface area (TPSA) is 46.9 Å². The number of fused-ring (bicyclic) bond motifs is 1. The lowest BCUT2D eigenvalue weighted by Gasteiger charge is -2.07. The van der Waals surface area contributed by atoms with E-state index in [0.29, 0.717) is 5.69 Å². The predicted molar refractivity (Wildman–Crippen MR) is 94.7 cm³/mol. The van der Waals surface area contributed by atoms with Crippen LogP contribution in [-0.4, -0.2) is 15.7 Å². The van der Waals surface area contributed by atoms with Gasteiger partial charge in [-0.2, -0.15) is 5.10 Å². The first-order chi connectivity index (χ1) is 12.1. The van der Waals surface area contributed by atoms with E-state index >= 15 is 0 Å². The van der Waals surface area contributed by atoms with Crippen LogP contribution in [0, 0.1) is 12.7 Å². The quantitative estimate of drug-likeness (QED) is 0.784. The fraction of sp³-hybridized carbons (Fsp3) is 0.200. The molecule has 25 heavy (non-hydrogen) atoms. The molecule has 126 valence electrons. The van der Waals surface area contributed by atoms with Crippen LogP contribution in [0.4, 0.5) is 10.1 Å². The van der Waals surface area contributed by atoms with Gasteiger partial charge in [0.25, 0.3) is 5.91 Å². The molecule has 0 saturated heterocycles. The van der Waals surface area contributed by atoms with Gasteiger partial charge in [-0.15, -0.1) is 0 Å². The molecular weight excluding hydrogens is 317 g/mol. The third-order valence-corrected chi connectivity index (χ3v) is 4.61. The van der Waals surface area contributed by atoms with E-state index in [1.54, 1.807) is 16.8 Å². The number of para-hydroxylation sites is 1. The van der Waals surface area contributed by atoms with Gasteiger partial charge >= 0.3 is 0 Å². The minimum atomic E-state index is -0.287. The molecule has 0 atom stereocenters. The highest BCUT2D eigenvalue weighted by atomic mass is 19.1. The molecule has 4 rings (SSSR count). The van der Waals surface area contributed by atoms with Crippen molar-refractivity contribution in [1.82, 2.24) is 9.78 Å². The Labute approximate surface area is 145 Å². The van der Waals surface area contributed by atoms with Gasteiger partial charge in [-0.3, -0.25) is 4.79 Å². The van der Waals surface area contributed by atoms with Gasteiger partial charge in [-0.25, -0.2) is 9.07 Å². The highest BCUT2D eigenvalue weighted by molar-refractivity contribution is 6.04. The van der Waals surface area contributed by atoms with Gasteiger partial charge in [-0.1, -0.05) is 18.2 Å². The van der Waals surface area contributed by atoms with Gasteiger partial charge in [0.1, 0.15) is 5.82 Å². The summed E-state index contributed by atoms with van der Waals surface area (Å²) in [4.78, 5) is 12.8. The molecule has 0 fully saturated rings. The average Bonchev–Trinajstić information content (AvgIpc) is 3.20. The molecule has 0 unspecified atom stereocenters. The molecule has 4 nitrogen and oxygen atoms in total. The van der Waals surface area contributed by atoms with Gasteiger partial charge in [0.15, 0.2) is 5.69 Å². The number of hydrogen-bond donors (Lipinski definition) is 1. The summed E-state index contributed by atoms with van der Waals surface area (Å²) < 4.78 is 15.0. The molecule has 0 bridgehead atoms. The summed E-state index contributed by atoms with van der Waals surface area (Å²) in [6.45, 7) is 1.96. The summed E-state index contributed by atoms with van der Waals surface area (Å²) in [5.41, 5.74) is 5.06. The van der Waals surface area contributed by atoms with Crippen molar-refractivity contribution in [2.75, 3.05) is 5.32 Å². The Morgan fingerprint density at radius 3 is 2.64 bits per heavy atom. The standard InChI is InChI=1S/C20H18FN3O/c1-13-5-2-3-7-17(13)22-20(25)19-16-6-4-8-18(16)24(23-19)15-11-9-14(21)10-12-15/h2-3,5,7,9-12H,4,6,8H2,1H3,(H,22,25). The van der Waals surface area contributed by atoms with Crippen LogP contribution in [0.3, 0.4) is 0 Å². The molecule has 1 amide bonds. The maximum absolute atomic E-state index is 13.2. The number of benzene rings is 2. The molecule has 1 N–H and O–H groups in total. The molecule has 0 spiro atoms. The molecule has 1 heterocycles. The van der Waals surface area contributed by atoms with E-state index in [4.69, 9.17) is 0 Å². The fourth-order valence-electron chi connectivity index (χ4n) is 3.31. The first-order valence-electron chi connectivity index (χ1n) is 8.37. The number of halogens is 1. The number of carbonyl (C=O) groups is 1. The SMILES string of the molecule is Cc1ccccc1NC(=O)c1nn(-c2ccc(F)cc2)c2c1CCC2. The normalized spacial score (nSPS) is 12.9. The molecular formula is C20H18FN3O. The summed E-state index contributed by atoms with van der Waals surface area (Å²) in [6, 6.07) is 13.8. The molecule has 1 aromatic heterocycles. The van der Waals surface area contributed by atoms with Gasteiger partial charge < -0.3 is 5.32 Å². The number of aryl methyl sites for hydroxylation is 1. The Bertz CT molecular complexity index is 944. The van der Waals surface area contributed by atoms with Crippen LogP contribution in [0.25, 0.3) is 5.69 Å². The molecule has 1 aliphatic carbocycles. The molecule has 0 radical (unpaired) electrons. The average molecular weight is 335 g/mol. The zero-order valence-electron chi connectivity index (χ0n) is 13.9. The summed E-state index contributed by atoms with van der Waals surface area (Å²) in [5.74, 6) is -0.488. The van der Waals surface area contributed by atoms with Crippen molar-refractivity contribution in [2.24, 2.45) is 0 Å². The second-order valence-electron chi connectivity index (χ2n) is 6.28. The van der Waals surface area contributed by atoms with Gasteiger partial charge in [0, 0.05) is 16.9 Å². The van der Waals surface area contributed by atoms with Crippen molar-refractivity contribution in [3.8, 4) is 5.69 Å². The maximum Gasteiger partial charge on any atom is 0.276 e. The van der Waals surface area contributed by atoms with Crippen molar-refractivity contribution < 1.29 is 9.18 Å². The molecule has 0 aliphatic heterocycles. The smallest absolute Gasteiger partial charge is 0.276 e. The minimum absolute atomic E-state index is 0.201. The zero-order valence-corrected chi connectivity index (χ0v) is 13.9. The number of hydrogen-bond acceptors (Lipinski definition) is 2. The maximum atomic E-state index is 13.2. The number of carbonyl (C=O) groups excluding carboxylic acids is 1. The van der Waals surface area contributed by atoms with Crippen LogP contribution in [-0.2, 0) is 12.8 Å². The monoisotopic (exact) mass is 335 g/mol. The second-order valence-corrected chi connectivity index (χ2v) is 6.28. The van der Waals surface area contributed by atoms with Crippen LogP contribution in [0.5, 0.6) is 0 Å². The van der Waals surface area contributed by atoms with Gasteiger partial charge in [-0.05, 0) is 62.1 Å². The first-order valence-corrected chi connectivity index (χ1v) is 8.37. The molecule has 5 heteroatoms. The lowest BCUT2D eigenvalue weighted by Crippen LogP contribution is -2.15. The number of anilines is 1.